The Labute approximate surface area is 146 Å². The van der Waals surface area contributed by atoms with Crippen LogP contribution in [0.2, 0.25) is 0 Å². The molecule has 1 heterocycles. The quantitative estimate of drug-likeness (QED) is 0.702. The van der Waals surface area contributed by atoms with Crippen LogP contribution in [0.5, 0.6) is 0 Å². The van der Waals surface area contributed by atoms with Gasteiger partial charge in [0.25, 0.3) is 0 Å². The highest BCUT2D eigenvalue weighted by atomic mass is 32.2. The average Bonchev–Trinajstić information content (AvgIpc) is 3.22. The first-order valence-corrected chi connectivity index (χ1v) is 9.40. The van der Waals surface area contributed by atoms with Crippen LogP contribution in [0.4, 0.5) is 0 Å². The van der Waals surface area contributed by atoms with E-state index in [0.29, 0.717) is 11.8 Å². The number of aromatic nitrogens is 4. The van der Waals surface area contributed by atoms with E-state index in [1.807, 2.05) is 18.5 Å². The van der Waals surface area contributed by atoms with E-state index in [0.717, 1.165) is 18.7 Å². The topological polar surface area (TPSA) is 99.0 Å². The van der Waals surface area contributed by atoms with Gasteiger partial charge in [-0.15, -0.1) is 16.9 Å². The lowest BCUT2D eigenvalue weighted by Crippen LogP contribution is -2.45. The van der Waals surface area contributed by atoms with Crippen molar-refractivity contribution in [3.8, 4) is 0 Å². The lowest BCUT2D eigenvalue weighted by molar-refractivity contribution is -0.146. The molecule has 1 fully saturated rings. The van der Waals surface area contributed by atoms with E-state index in [1.54, 1.807) is 0 Å². The number of methoxy groups -OCH3 is 1. The molecule has 0 bridgehead atoms. The lowest BCUT2D eigenvalue weighted by atomic mass is 10.1. The normalized spacial score (nSPS) is 16.3. The summed E-state index contributed by atoms with van der Waals surface area (Å²) in [5.74, 6) is 0.978. The molecule has 9 heteroatoms. The van der Waals surface area contributed by atoms with Gasteiger partial charge in [0.2, 0.25) is 5.91 Å². The third-order valence-electron chi connectivity index (χ3n) is 4.13. The van der Waals surface area contributed by atoms with Gasteiger partial charge in [-0.2, -0.15) is 0 Å². The second-order valence-electron chi connectivity index (χ2n) is 6.28. The zero-order chi connectivity index (χ0) is 17.5. The SMILES string of the molecule is COC(=O)C(NC(=O)CSCc1nnnn1C1CCCC1)C(C)C. The summed E-state index contributed by atoms with van der Waals surface area (Å²) in [4.78, 5) is 23.7. The summed E-state index contributed by atoms with van der Waals surface area (Å²) in [7, 11) is 1.32. The van der Waals surface area contributed by atoms with Crippen molar-refractivity contribution in [3.05, 3.63) is 5.82 Å². The highest BCUT2D eigenvalue weighted by Crippen LogP contribution is 2.29. The Hall–Kier alpha value is -1.64. The van der Waals surface area contributed by atoms with Crippen molar-refractivity contribution in [1.82, 2.24) is 25.5 Å². The summed E-state index contributed by atoms with van der Waals surface area (Å²) in [6.07, 6.45) is 4.64. The van der Waals surface area contributed by atoms with Gasteiger partial charge < -0.3 is 10.1 Å². The van der Waals surface area contributed by atoms with E-state index in [4.69, 9.17) is 4.74 Å². The molecule has 1 aromatic rings. The number of nitrogens with zero attached hydrogens (tertiary/aromatic N) is 4. The summed E-state index contributed by atoms with van der Waals surface area (Å²) in [5, 5.41) is 14.6. The molecule has 8 nitrogen and oxygen atoms in total. The summed E-state index contributed by atoms with van der Waals surface area (Å²) in [5.41, 5.74) is 0. The zero-order valence-corrected chi connectivity index (χ0v) is 15.2. The summed E-state index contributed by atoms with van der Waals surface area (Å²) < 4.78 is 6.61. The van der Waals surface area contributed by atoms with Gasteiger partial charge in [-0.25, -0.2) is 9.48 Å². The van der Waals surface area contributed by atoms with Crippen LogP contribution in [0.3, 0.4) is 0 Å². The molecule has 0 saturated heterocycles. The highest BCUT2D eigenvalue weighted by Gasteiger charge is 2.25. The van der Waals surface area contributed by atoms with Gasteiger partial charge in [0, 0.05) is 0 Å². The molecule has 1 amide bonds. The number of hydrogen-bond acceptors (Lipinski definition) is 7. The number of ether oxygens (including phenoxy) is 1. The van der Waals surface area contributed by atoms with Gasteiger partial charge >= 0.3 is 5.97 Å². The number of hydrogen-bond donors (Lipinski definition) is 1. The molecule has 2 rings (SSSR count). The largest absolute Gasteiger partial charge is 0.467 e. The molecule has 1 atom stereocenters. The maximum Gasteiger partial charge on any atom is 0.328 e. The Morgan fingerprint density at radius 3 is 2.71 bits per heavy atom. The lowest BCUT2D eigenvalue weighted by Gasteiger charge is -2.19. The van der Waals surface area contributed by atoms with E-state index >= 15 is 0 Å². The Morgan fingerprint density at radius 1 is 1.38 bits per heavy atom. The summed E-state index contributed by atoms with van der Waals surface area (Å²) >= 11 is 1.44. The Bertz CT molecular complexity index is 557. The second-order valence-corrected chi connectivity index (χ2v) is 7.27. The van der Waals surface area contributed by atoms with E-state index in [9.17, 15) is 9.59 Å². The Kier molecular flexibility index (Phi) is 7.01. The summed E-state index contributed by atoms with van der Waals surface area (Å²) in [6.45, 7) is 3.73. The van der Waals surface area contributed by atoms with Gasteiger partial charge in [-0.05, 0) is 29.2 Å². The van der Waals surface area contributed by atoms with Gasteiger partial charge in [0.1, 0.15) is 6.04 Å². The molecule has 1 aliphatic carbocycles. The average molecular weight is 355 g/mol. The minimum atomic E-state index is -0.619. The number of nitrogens with one attached hydrogen (secondary N) is 1. The minimum absolute atomic E-state index is 0.0268. The smallest absolute Gasteiger partial charge is 0.328 e. The molecule has 1 aliphatic rings. The maximum absolute atomic E-state index is 12.0. The first-order chi connectivity index (χ1) is 11.5. The van der Waals surface area contributed by atoms with E-state index in [2.05, 4.69) is 20.8 Å². The minimum Gasteiger partial charge on any atom is -0.467 e. The maximum atomic E-state index is 12.0. The predicted molar refractivity (Wildman–Crippen MR) is 90.3 cm³/mol. The van der Waals surface area contributed by atoms with Gasteiger partial charge in [-0.3, -0.25) is 4.79 Å². The van der Waals surface area contributed by atoms with Crippen LogP contribution in [0.25, 0.3) is 0 Å². The monoisotopic (exact) mass is 355 g/mol. The molecule has 0 spiro atoms. The van der Waals surface area contributed by atoms with Crippen LogP contribution >= 0.6 is 11.8 Å². The van der Waals surface area contributed by atoms with Crippen molar-refractivity contribution in [1.29, 1.82) is 0 Å². The van der Waals surface area contributed by atoms with Gasteiger partial charge in [0.05, 0.1) is 24.7 Å². The van der Waals surface area contributed by atoms with E-state index in [-0.39, 0.29) is 17.6 Å². The van der Waals surface area contributed by atoms with Crippen LogP contribution in [0.1, 0.15) is 51.4 Å². The molecule has 1 aromatic heterocycles. The number of carbonyl (C=O) groups is 2. The fourth-order valence-electron chi connectivity index (χ4n) is 2.81. The molecule has 1 saturated carbocycles. The molecule has 0 radical (unpaired) electrons. The van der Waals surface area contributed by atoms with Gasteiger partial charge in [-0.1, -0.05) is 26.7 Å². The van der Waals surface area contributed by atoms with Crippen molar-refractivity contribution >= 4 is 23.6 Å². The fraction of sp³-hybridized carbons (Fsp3) is 0.800. The van der Waals surface area contributed by atoms with E-state index in [1.165, 1.54) is 31.7 Å². The first kappa shape index (κ1) is 18.7. The summed E-state index contributed by atoms with van der Waals surface area (Å²) in [6, 6.07) is -0.235. The fourth-order valence-corrected chi connectivity index (χ4v) is 3.56. The van der Waals surface area contributed by atoms with Crippen LogP contribution in [0, 0.1) is 5.92 Å². The number of thioether (sulfide) groups is 1. The third kappa shape index (κ3) is 4.93. The number of carbonyl (C=O) groups excluding carboxylic acids is 2. The van der Waals surface area contributed by atoms with Crippen LogP contribution in [0.15, 0.2) is 0 Å². The van der Waals surface area contributed by atoms with Gasteiger partial charge in [0.15, 0.2) is 5.82 Å². The number of esters is 1. The highest BCUT2D eigenvalue weighted by molar-refractivity contribution is 7.99. The van der Waals surface area contributed by atoms with Crippen LogP contribution in [-0.2, 0) is 20.1 Å². The first-order valence-electron chi connectivity index (χ1n) is 8.24. The molecule has 0 aromatic carbocycles. The molecule has 134 valence electrons. The third-order valence-corrected chi connectivity index (χ3v) is 5.06. The second kappa shape index (κ2) is 9.00. The number of tetrazole rings is 1. The van der Waals surface area contributed by atoms with Crippen molar-refractivity contribution in [2.24, 2.45) is 5.92 Å². The van der Waals surface area contributed by atoms with Crippen molar-refractivity contribution in [2.75, 3.05) is 12.9 Å². The molecule has 0 aliphatic heterocycles. The van der Waals surface area contributed by atoms with Crippen LogP contribution < -0.4 is 5.32 Å². The van der Waals surface area contributed by atoms with Crippen LogP contribution in [-0.4, -0.2) is 51.0 Å². The zero-order valence-electron chi connectivity index (χ0n) is 14.4. The molecule has 1 unspecified atom stereocenters. The molecular formula is C15H25N5O3S. The standard InChI is InChI=1S/C15H25N5O3S/c1-10(2)14(15(22)23-3)16-13(21)9-24-8-12-17-18-19-20(12)11-6-4-5-7-11/h10-11,14H,4-9H2,1-3H3,(H,16,21). The van der Waals surface area contributed by atoms with E-state index < -0.39 is 12.0 Å². The van der Waals surface area contributed by atoms with Crippen molar-refractivity contribution < 1.29 is 14.3 Å². The molecule has 1 N–H and O–H groups in total. The molecule has 24 heavy (non-hydrogen) atoms. The van der Waals surface area contributed by atoms with Crippen molar-refractivity contribution in [2.45, 2.75) is 57.4 Å². The Morgan fingerprint density at radius 2 is 2.08 bits per heavy atom. The number of amides is 1. The molecular weight excluding hydrogens is 330 g/mol. The number of rotatable bonds is 8. The Balaban J connectivity index is 1.80. The predicted octanol–water partition coefficient (Wildman–Crippen LogP) is 1.34. The van der Waals surface area contributed by atoms with Crippen molar-refractivity contribution in [3.63, 3.8) is 0 Å².